The van der Waals surface area contributed by atoms with Crippen LogP contribution in [-0.4, -0.2) is 14.2 Å². The predicted octanol–water partition coefficient (Wildman–Crippen LogP) is 5.44. The summed E-state index contributed by atoms with van der Waals surface area (Å²) in [6.07, 6.45) is -4.52. The van der Waals surface area contributed by atoms with Crippen molar-refractivity contribution in [2.24, 2.45) is 0 Å². The molecule has 0 spiro atoms. The van der Waals surface area contributed by atoms with Crippen LogP contribution in [0.25, 0.3) is 0 Å². The van der Waals surface area contributed by atoms with Crippen LogP contribution in [0, 0.1) is 5.82 Å². The lowest BCUT2D eigenvalue weighted by Crippen LogP contribution is -2.14. The maximum atomic E-state index is 13.1. The minimum Gasteiger partial charge on any atom is -0.368 e. The van der Waals surface area contributed by atoms with Crippen LogP contribution in [0.5, 0.6) is 0 Å². The molecule has 0 bridgehead atoms. The lowest BCUT2D eigenvalue weighted by Gasteiger charge is -2.26. The summed E-state index contributed by atoms with van der Waals surface area (Å²) in [7, 11) is -1.44. The van der Waals surface area contributed by atoms with E-state index < -0.39 is 30.9 Å². The molecule has 0 aliphatic heterocycles. The molecule has 0 aromatic heterocycles. The van der Waals surface area contributed by atoms with E-state index in [4.69, 9.17) is 9.05 Å². The number of benzene rings is 2. The normalized spacial score (nSPS) is 13.5. The highest BCUT2D eigenvalue weighted by Crippen LogP contribution is 2.59. The van der Waals surface area contributed by atoms with E-state index in [-0.39, 0.29) is 5.69 Å². The Morgan fingerprint density at radius 2 is 1.64 bits per heavy atom. The fraction of sp³-hybridized carbons (Fsp3) is 0.250. The van der Waals surface area contributed by atoms with Crippen molar-refractivity contribution in [3.05, 3.63) is 65.5 Å². The predicted molar refractivity (Wildman–Crippen MR) is 85.8 cm³/mol. The van der Waals surface area contributed by atoms with E-state index in [9.17, 15) is 22.1 Å². The van der Waals surface area contributed by atoms with Crippen LogP contribution in [0.15, 0.2) is 48.5 Å². The largest absolute Gasteiger partial charge is 0.416 e. The Hall–Kier alpha value is -1.89. The van der Waals surface area contributed by atoms with Gasteiger partial charge in [0.1, 0.15) is 5.82 Å². The van der Waals surface area contributed by atoms with Gasteiger partial charge in [-0.1, -0.05) is 18.2 Å². The molecule has 25 heavy (non-hydrogen) atoms. The van der Waals surface area contributed by atoms with Gasteiger partial charge in [0.25, 0.3) is 0 Å². The average molecular weight is 377 g/mol. The van der Waals surface area contributed by atoms with Crippen molar-refractivity contribution in [1.82, 2.24) is 0 Å². The zero-order valence-corrected chi connectivity index (χ0v) is 14.3. The zero-order valence-electron chi connectivity index (χ0n) is 13.4. The maximum Gasteiger partial charge on any atom is 0.416 e. The molecular formula is C16H16F4NO3P. The molecule has 0 saturated carbocycles. The molecule has 1 atom stereocenters. The summed E-state index contributed by atoms with van der Waals surface area (Å²) in [6, 6.07) is 9.41. The van der Waals surface area contributed by atoms with E-state index >= 15 is 0 Å². The van der Waals surface area contributed by atoms with Gasteiger partial charge in [-0.25, -0.2) is 4.39 Å². The van der Waals surface area contributed by atoms with E-state index in [1.165, 1.54) is 24.3 Å². The lowest BCUT2D eigenvalue weighted by molar-refractivity contribution is -0.137. The van der Waals surface area contributed by atoms with Gasteiger partial charge in [0.2, 0.25) is 0 Å². The monoisotopic (exact) mass is 377 g/mol. The number of rotatable bonds is 6. The van der Waals surface area contributed by atoms with Crippen molar-refractivity contribution < 1.29 is 31.2 Å². The molecule has 0 fully saturated rings. The third kappa shape index (κ3) is 4.60. The molecule has 2 aromatic rings. The first kappa shape index (κ1) is 19.4. The van der Waals surface area contributed by atoms with Crippen molar-refractivity contribution in [3.63, 3.8) is 0 Å². The van der Waals surface area contributed by atoms with Crippen LogP contribution >= 0.6 is 7.60 Å². The average Bonchev–Trinajstić information content (AvgIpc) is 2.59. The van der Waals surface area contributed by atoms with Crippen molar-refractivity contribution in [3.8, 4) is 0 Å². The second-order valence-electron chi connectivity index (χ2n) is 5.08. The molecule has 0 unspecified atom stereocenters. The van der Waals surface area contributed by atoms with Gasteiger partial charge in [-0.3, -0.25) is 4.57 Å². The van der Waals surface area contributed by atoms with Crippen LogP contribution in [0.2, 0.25) is 0 Å². The number of anilines is 1. The standard InChI is InChI=1S/C16H16F4NO3P/c1-23-25(22,24-2)15(11-6-8-13(17)9-7-11)21-14-5-3-4-12(10-14)16(18,19)20/h3-10,15,21H,1-2H3/t15-/m1/s1. The minimum absolute atomic E-state index is 0.0680. The molecule has 0 heterocycles. The Morgan fingerprint density at radius 1 is 1.04 bits per heavy atom. The molecular weight excluding hydrogens is 361 g/mol. The number of halogens is 4. The quantitative estimate of drug-likeness (QED) is 0.538. The summed E-state index contributed by atoms with van der Waals surface area (Å²) >= 11 is 0. The smallest absolute Gasteiger partial charge is 0.368 e. The van der Waals surface area contributed by atoms with E-state index in [1.54, 1.807) is 0 Å². The third-order valence-corrected chi connectivity index (χ3v) is 5.58. The Bertz CT molecular complexity index is 757. The summed E-state index contributed by atoms with van der Waals surface area (Å²) in [4.78, 5) is 0. The molecule has 9 heteroatoms. The highest BCUT2D eigenvalue weighted by atomic mass is 31.2. The van der Waals surface area contributed by atoms with Crippen molar-refractivity contribution in [2.75, 3.05) is 19.5 Å². The zero-order chi connectivity index (χ0) is 18.7. The molecule has 4 nitrogen and oxygen atoms in total. The molecule has 2 rings (SSSR count). The van der Waals surface area contributed by atoms with E-state index in [1.807, 2.05) is 0 Å². The second kappa shape index (κ2) is 7.56. The minimum atomic E-state index is -4.52. The summed E-state index contributed by atoms with van der Waals surface area (Å²) in [5.74, 6) is -1.63. The van der Waals surface area contributed by atoms with Gasteiger partial charge in [-0.15, -0.1) is 0 Å². The van der Waals surface area contributed by atoms with Gasteiger partial charge in [0.05, 0.1) is 5.56 Å². The maximum absolute atomic E-state index is 13.1. The Labute approximate surface area is 142 Å². The number of alkyl halides is 3. The molecule has 0 radical (unpaired) electrons. The summed E-state index contributed by atoms with van der Waals surface area (Å²) in [5, 5.41) is 2.73. The summed E-state index contributed by atoms with van der Waals surface area (Å²) in [5.41, 5.74) is -0.454. The number of hydrogen-bond acceptors (Lipinski definition) is 4. The molecule has 2 aromatic carbocycles. The van der Waals surface area contributed by atoms with Crippen LogP contribution in [0.3, 0.4) is 0 Å². The molecule has 0 aliphatic rings. The molecule has 0 saturated heterocycles. The van der Waals surface area contributed by atoms with Gasteiger partial charge in [-0.05, 0) is 35.9 Å². The van der Waals surface area contributed by atoms with Crippen LogP contribution in [-0.2, 0) is 19.8 Å². The van der Waals surface area contributed by atoms with Gasteiger partial charge in [0, 0.05) is 19.9 Å². The van der Waals surface area contributed by atoms with E-state index in [0.717, 1.165) is 38.5 Å². The van der Waals surface area contributed by atoms with Gasteiger partial charge in [0.15, 0.2) is 5.78 Å². The molecule has 0 amide bonds. The van der Waals surface area contributed by atoms with Crippen molar-refractivity contribution in [1.29, 1.82) is 0 Å². The first-order valence-corrected chi connectivity index (χ1v) is 8.71. The first-order chi connectivity index (χ1) is 11.7. The molecule has 136 valence electrons. The fourth-order valence-electron chi connectivity index (χ4n) is 2.22. The Balaban J connectivity index is 2.44. The van der Waals surface area contributed by atoms with Crippen molar-refractivity contribution >= 4 is 13.3 Å². The van der Waals surface area contributed by atoms with Crippen LogP contribution < -0.4 is 5.32 Å². The SMILES string of the molecule is COP(=O)(OC)[C@@H](Nc1cccc(C(F)(F)F)c1)c1ccc(F)cc1. The molecule has 0 aliphatic carbocycles. The van der Waals surface area contributed by atoms with E-state index in [2.05, 4.69) is 5.32 Å². The fourth-order valence-corrected chi connectivity index (χ4v) is 3.63. The highest BCUT2D eigenvalue weighted by Gasteiger charge is 2.36. The first-order valence-electron chi connectivity index (χ1n) is 7.10. The number of hydrogen-bond donors (Lipinski definition) is 1. The van der Waals surface area contributed by atoms with E-state index in [0.29, 0.717) is 5.56 Å². The number of nitrogens with one attached hydrogen (secondary N) is 1. The van der Waals surface area contributed by atoms with Crippen LogP contribution in [0.4, 0.5) is 23.2 Å². The molecule has 1 N–H and O–H groups in total. The topological polar surface area (TPSA) is 47.6 Å². The summed E-state index contributed by atoms with van der Waals surface area (Å²) in [6.45, 7) is 0. The van der Waals surface area contributed by atoms with Gasteiger partial charge >= 0.3 is 13.8 Å². The van der Waals surface area contributed by atoms with Crippen LogP contribution in [0.1, 0.15) is 16.9 Å². The van der Waals surface area contributed by atoms with Gasteiger partial charge in [-0.2, -0.15) is 13.2 Å². The van der Waals surface area contributed by atoms with Gasteiger partial charge < -0.3 is 14.4 Å². The second-order valence-corrected chi connectivity index (χ2v) is 7.41. The third-order valence-electron chi connectivity index (χ3n) is 3.50. The van der Waals surface area contributed by atoms with Crippen molar-refractivity contribution in [2.45, 2.75) is 12.0 Å². The summed E-state index contributed by atoms with van der Waals surface area (Å²) < 4.78 is 74.5. The Morgan fingerprint density at radius 3 is 2.16 bits per heavy atom. The Kier molecular flexibility index (Phi) is 5.87. The lowest BCUT2D eigenvalue weighted by atomic mass is 10.1. The highest BCUT2D eigenvalue weighted by molar-refractivity contribution is 7.54.